The number of nitrogens with two attached hydrogens (primary N) is 1. The predicted molar refractivity (Wildman–Crippen MR) is 76.8 cm³/mol. The topological polar surface area (TPSA) is 84.4 Å². The van der Waals surface area contributed by atoms with Crippen LogP contribution in [0.2, 0.25) is 0 Å². The molecule has 0 fully saturated rings. The lowest BCUT2D eigenvalue weighted by Gasteiger charge is -2.20. The highest BCUT2D eigenvalue weighted by Crippen LogP contribution is 2.25. The molecule has 0 radical (unpaired) electrons. The molecule has 0 saturated heterocycles. The van der Waals surface area contributed by atoms with Gasteiger partial charge >= 0.3 is 0 Å². The van der Waals surface area contributed by atoms with E-state index in [0.717, 1.165) is 38.0 Å². The van der Waals surface area contributed by atoms with Gasteiger partial charge in [0.05, 0.1) is 4.92 Å². The number of unbranched alkanes of at least 4 members (excludes halogenated alkanes) is 1. The molecule has 19 heavy (non-hydrogen) atoms. The van der Waals surface area contributed by atoms with E-state index in [2.05, 4.69) is 24.2 Å². The van der Waals surface area contributed by atoms with Crippen molar-refractivity contribution in [2.75, 3.05) is 18.5 Å². The van der Waals surface area contributed by atoms with Crippen LogP contribution in [0.15, 0.2) is 18.2 Å². The minimum Gasteiger partial charge on any atom is -0.318 e. The molecule has 0 saturated carbocycles. The monoisotopic (exact) mass is 266 g/mol. The summed E-state index contributed by atoms with van der Waals surface area (Å²) in [6.07, 6.45) is 2.28. The van der Waals surface area contributed by atoms with Gasteiger partial charge in [0.2, 0.25) is 0 Å². The van der Waals surface area contributed by atoms with Crippen molar-refractivity contribution in [1.82, 2.24) is 4.90 Å². The van der Waals surface area contributed by atoms with Crippen LogP contribution in [0, 0.1) is 10.1 Å². The summed E-state index contributed by atoms with van der Waals surface area (Å²) in [6.45, 7) is 6.92. The second-order valence-electron chi connectivity index (χ2n) is 4.48. The molecule has 1 aromatic carbocycles. The van der Waals surface area contributed by atoms with Crippen molar-refractivity contribution in [3.05, 3.63) is 33.9 Å². The van der Waals surface area contributed by atoms with E-state index in [0.29, 0.717) is 5.69 Å². The predicted octanol–water partition coefficient (Wildman–Crippen LogP) is 2.50. The Bertz CT molecular complexity index is 423. The number of nitro benzene ring substituents is 1. The number of nitrogens with zero attached hydrogens (tertiary/aromatic N) is 2. The first-order chi connectivity index (χ1) is 9.12. The summed E-state index contributed by atoms with van der Waals surface area (Å²) >= 11 is 0. The molecule has 0 unspecified atom stereocenters. The Morgan fingerprint density at radius 2 is 2.16 bits per heavy atom. The molecular formula is C13H22N4O2. The minimum atomic E-state index is -0.416. The molecule has 0 atom stereocenters. The van der Waals surface area contributed by atoms with Gasteiger partial charge in [-0.15, -0.1) is 0 Å². The molecule has 0 heterocycles. The molecule has 3 N–H and O–H groups in total. The Morgan fingerprint density at radius 1 is 1.42 bits per heavy atom. The van der Waals surface area contributed by atoms with E-state index in [1.165, 1.54) is 0 Å². The summed E-state index contributed by atoms with van der Waals surface area (Å²) in [4.78, 5) is 12.8. The molecule has 1 rings (SSSR count). The van der Waals surface area contributed by atoms with Crippen LogP contribution < -0.4 is 11.3 Å². The maximum atomic E-state index is 11.0. The number of nitrogens with one attached hydrogen (secondary N) is 1. The smallest absolute Gasteiger partial charge is 0.293 e. The fourth-order valence-corrected chi connectivity index (χ4v) is 1.94. The first-order valence-corrected chi connectivity index (χ1v) is 6.58. The van der Waals surface area contributed by atoms with Gasteiger partial charge in [0, 0.05) is 12.6 Å². The number of nitrogen functional groups attached to an aromatic ring is 1. The molecule has 0 aliphatic carbocycles. The molecule has 1 aromatic rings. The van der Waals surface area contributed by atoms with Gasteiger partial charge in [-0.25, -0.2) is 0 Å². The quantitative estimate of drug-likeness (QED) is 0.429. The van der Waals surface area contributed by atoms with Gasteiger partial charge in [-0.05, 0) is 31.1 Å². The molecule has 0 aliphatic heterocycles. The van der Waals surface area contributed by atoms with Crippen molar-refractivity contribution in [3.63, 3.8) is 0 Å². The van der Waals surface area contributed by atoms with Crippen LogP contribution in [-0.4, -0.2) is 22.9 Å². The third-order valence-electron chi connectivity index (χ3n) is 3.10. The number of hydrogen-bond donors (Lipinski definition) is 2. The van der Waals surface area contributed by atoms with Crippen LogP contribution in [0.4, 0.5) is 11.4 Å². The number of benzene rings is 1. The molecule has 0 bridgehead atoms. The standard InChI is InChI=1S/C13H22N4O2/c1-3-5-8-16(4-2)10-11-6-7-12(15-14)13(9-11)17(18)19/h6-7,9,15H,3-5,8,10,14H2,1-2H3. The Balaban J connectivity index is 2.83. The Kier molecular flexibility index (Phi) is 6.24. The van der Waals surface area contributed by atoms with Gasteiger partial charge in [-0.1, -0.05) is 26.3 Å². The lowest BCUT2D eigenvalue weighted by molar-refractivity contribution is -0.384. The first kappa shape index (κ1) is 15.4. The van der Waals surface area contributed by atoms with Crippen LogP contribution in [0.1, 0.15) is 32.3 Å². The number of nitro groups is 1. The summed E-state index contributed by atoms with van der Waals surface area (Å²) in [6, 6.07) is 5.11. The zero-order chi connectivity index (χ0) is 14.3. The van der Waals surface area contributed by atoms with E-state index in [1.54, 1.807) is 12.1 Å². The van der Waals surface area contributed by atoms with Crippen molar-refractivity contribution in [2.45, 2.75) is 33.2 Å². The lowest BCUT2D eigenvalue weighted by Crippen LogP contribution is -2.24. The van der Waals surface area contributed by atoms with Crippen LogP contribution in [0.3, 0.4) is 0 Å². The Labute approximate surface area is 113 Å². The highest BCUT2D eigenvalue weighted by Gasteiger charge is 2.14. The largest absolute Gasteiger partial charge is 0.318 e. The van der Waals surface area contributed by atoms with Crippen molar-refractivity contribution >= 4 is 11.4 Å². The SMILES string of the molecule is CCCCN(CC)Cc1ccc(NN)c([N+](=O)[O-])c1. The van der Waals surface area contributed by atoms with E-state index >= 15 is 0 Å². The summed E-state index contributed by atoms with van der Waals surface area (Å²) in [5, 5.41) is 11.0. The third-order valence-corrected chi connectivity index (χ3v) is 3.10. The van der Waals surface area contributed by atoms with Gasteiger partial charge in [-0.2, -0.15) is 0 Å². The first-order valence-electron chi connectivity index (χ1n) is 6.58. The van der Waals surface area contributed by atoms with E-state index < -0.39 is 4.92 Å². The molecule has 0 amide bonds. The van der Waals surface area contributed by atoms with Gasteiger partial charge in [0.1, 0.15) is 5.69 Å². The Morgan fingerprint density at radius 3 is 2.68 bits per heavy atom. The van der Waals surface area contributed by atoms with Crippen molar-refractivity contribution in [2.24, 2.45) is 5.84 Å². The Hall–Kier alpha value is -1.66. The minimum absolute atomic E-state index is 0.0199. The maximum absolute atomic E-state index is 11.0. The fraction of sp³-hybridized carbons (Fsp3) is 0.538. The summed E-state index contributed by atoms with van der Waals surface area (Å²) in [5.74, 6) is 5.27. The second kappa shape index (κ2) is 7.70. The number of rotatable bonds is 8. The van der Waals surface area contributed by atoms with Gasteiger partial charge in [0.25, 0.3) is 5.69 Å². The van der Waals surface area contributed by atoms with Crippen molar-refractivity contribution in [1.29, 1.82) is 0 Å². The van der Waals surface area contributed by atoms with Crippen molar-refractivity contribution in [3.8, 4) is 0 Å². The lowest BCUT2D eigenvalue weighted by atomic mass is 10.1. The maximum Gasteiger partial charge on any atom is 0.293 e. The van der Waals surface area contributed by atoms with Crippen LogP contribution in [0.5, 0.6) is 0 Å². The van der Waals surface area contributed by atoms with Gasteiger partial charge < -0.3 is 5.43 Å². The van der Waals surface area contributed by atoms with Crippen LogP contribution in [0.25, 0.3) is 0 Å². The normalized spacial score (nSPS) is 10.7. The zero-order valence-corrected chi connectivity index (χ0v) is 11.6. The molecule has 0 aromatic heterocycles. The van der Waals surface area contributed by atoms with Crippen LogP contribution >= 0.6 is 0 Å². The highest BCUT2D eigenvalue weighted by atomic mass is 16.6. The van der Waals surface area contributed by atoms with E-state index in [4.69, 9.17) is 5.84 Å². The van der Waals surface area contributed by atoms with E-state index in [-0.39, 0.29) is 5.69 Å². The number of hydrogen-bond acceptors (Lipinski definition) is 5. The molecule has 6 heteroatoms. The summed E-state index contributed by atoms with van der Waals surface area (Å²) in [7, 11) is 0. The van der Waals surface area contributed by atoms with Gasteiger partial charge in [0.15, 0.2) is 0 Å². The second-order valence-corrected chi connectivity index (χ2v) is 4.48. The average Bonchev–Trinajstić information content (AvgIpc) is 2.43. The van der Waals surface area contributed by atoms with Crippen molar-refractivity contribution < 1.29 is 4.92 Å². The van der Waals surface area contributed by atoms with Gasteiger partial charge in [-0.3, -0.25) is 20.9 Å². The van der Waals surface area contributed by atoms with E-state index in [9.17, 15) is 10.1 Å². The highest BCUT2D eigenvalue weighted by molar-refractivity contribution is 5.61. The molecular weight excluding hydrogens is 244 g/mol. The zero-order valence-electron chi connectivity index (χ0n) is 11.6. The number of hydrazine groups is 1. The van der Waals surface area contributed by atoms with Crippen LogP contribution in [-0.2, 0) is 6.54 Å². The third kappa shape index (κ3) is 4.50. The molecule has 106 valence electrons. The fourth-order valence-electron chi connectivity index (χ4n) is 1.94. The molecule has 0 aliphatic rings. The summed E-state index contributed by atoms with van der Waals surface area (Å²) in [5.41, 5.74) is 3.64. The number of anilines is 1. The molecule has 0 spiro atoms. The van der Waals surface area contributed by atoms with E-state index in [1.807, 2.05) is 6.07 Å². The average molecular weight is 266 g/mol. The molecule has 6 nitrogen and oxygen atoms in total. The summed E-state index contributed by atoms with van der Waals surface area (Å²) < 4.78 is 0.